The molecule has 0 spiro atoms. The monoisotopic (exact) mass is 214 g/mol. The predicted molar refractivity (Wildman–Crippen MR) is 64.1 cm³/mol. The van der Waals surface area contributed by atoms with E-state index in [1.165, 1.54) is 32.1 Å². The maximum atomic E-state index is 8.99. The van der Waals surface area contributed by atoms with Crippen molar-refractivity contribution in [3.63, 3.8) is 0 Å². The topological polar surface area (TPSA) is 35.5 Å². The van der Waals surface area contributed by atoms with Crippen LogP contribution in [0, 0.1) is 0 Å². The van der Waals surface area contributed by atoms with E-state index in [9.17, 15) is 0 Å². The van der Waals surface area contributed by atoms with Crippen molar-refractivity contribution in [2.24, 2.45) is 0 Å². The molecule has 0 aliphatic heterocycles. The maximum Gasteiger partial charge on any atom is 0.0558 e. The Balaban J connectivity index is 2.03. The second-order valence-corrected chi connectivity index (χ2v) is 4.45. The Bertz CT molecular complexity index is 149. The number of aliphatic hydroxyl groups excluding tert-OH is 1. The van der Waals surface area contributed by atoms with E-state index in [1.807, 2.05) is 0 Å². The van der Waals surface area contributed by atoms with Crippen LogP contribution in [0.1, 0.15) is 39.0 Å². The van der Waals surface area contributed by atoms with Crippen molar-refractivity contribution in [2.45, 2.75) is 45.1 Å². The number of aliphatic hydroxyl groups is 1. The molecule has 3 heteroatoms. The summed E-state index contributed by atoms with van der Waals surface area (Å²) in [5.41, 5.74) is 0. The maximum absolute atomic E-state index is 8.99. The number of hydrogen-bond donors (Lipinski definition) is 2. The summed E-state index contributed by atoms with van der Waals surface area (Å²) in [5.74, 6) is 0. The van der Waals surface area contributed by atoms with Gasteiger partial charge in [-0.05, 0) is 45.3 Å². The summed E-state index contributed by atoms with van der Waals surface area (Å²) < 4.78 is 0. The van der Waals surface area contributed by atoms with E-state index in [1.54, 1.807) is 0 Å². The molecule has 1 saturated carbocycles. The van der Waals surface area contributed by atoms with Gasteiger partial charge in [0.2, 0.25) is 0 Å². The molecule has 1 aliphatic rings. The molecule has 0 saturated heterocycles. The van der Waals surface area contributed by atoms with Crippen molar-refractivity contribution >= 4 is 0 Å². The van der Waals surface area contributed by atoms with Gasteiger partial charge in [0.05, 0.1) is 6.61 Å². The fraction of sp³-hybridized carbons (Fsp3) is 1.00. The molecule has 15 heavy (non-hydrogen) atoms. The van der Waals surface area contributed by atoms with E-state index in [0.717, 1.165) is 32.2 Å². The van der Waals surface area contributed by atoms with Gasteiger partial charge in [-0.15, -0.1) is 0 Å². The molecule has 0 atom stereocenters. The summed E-state index contributed by atoms with van der Waals surface area (Å²) in [6, 6.07) is 0.767. The summed E-state index contributed by atoms with van der Waals surface area (Å²) in [6.45, 7) is 6.74. The van der Waals surface area contributed by atoms with Crippen LogP contribution in [-0.2, 0) is 0 Å². The minimum absolute atomic E-state index is 0.304. The van der Waals surface area contributed by atoms with Crippen molar-refractivity contribution in [1.29, 1.82) is 0 Å². The zero-order valence-corrected chi connectivity index (χ0v) is 10.0. The SMILES string of the molecule is CCCNCCCN(CCO)C1CCC1. The Morgan fingerprint density at radius 3 is 2.60 bits per heavy atom. The van der Waals surface area contributed by atoms with Crippen molar-refractivity contribution in [3.05, 3.63) is 0 Å². The summed E-state index contributed by atoms with van der Waals surface area (Å²) in [7, 11) is 0. The van der Waals surface area contributed by atoms with Gasteiger partial charge in [0, 0.05) is 12.6 Å². The molecule has 0 unspecified atom stereocenters. The van der Waals surface area contributed by atoms with Crippen molar-refractivity contribution < 1.29 is 5.11 Å². The third-order valence-corrected chi connectivity index (χ3v) is 3.20. The smallest absolute Gasteiger partial charge is 0.0558 e. The quantitative estimate of drug-likeness (QED) is 0.567. The summed E-state index contributed by atoms with van der Waals surface area (Å²) in [5, 5.41) is 12.4. The first-order valence-electron chi connectivity index (χ1n) is 6.44. The number of hydrogen-bond acceptors (Lipinski definition) is 3. The molecule has 2 N–H and O–H groups in total. The van der Waals surface area contributed by atoms with E-state index in [2.05, 4.69) is 17.1 Å². The van der Waals surface area contributed by atoms with Gasteiger partial charge in [-0.25, -0.2) is 0 Å². The summed E-state index contributed by atoms with van der Waals surface area (Å²) in [4.78, 5) is 2.46. The molecule has 3 nitrogen and oxygen atoms in total. The molecule has 0 radical (unpaired) electrons. The standard InChI is InChI=1S/C12H26N2O/c1-2-7-13-8-4-9-14(10-11-15)12-5-3-6-12/h12-13,15H,2-11H2,1H3. The Morgan fingerprint density at radius 2 is 2.07 bits per heavy atom. The van der Waals surface area contributed by atoms with Crippen LogP contribution in [0.25, 0.3) is 0 Å². The van der Waals surface area contributed by atoms with Gasteiger partial charge in [-0.3, -0.25) is 4.90 Å². The zero-order valence-electron chi connectivity index (χ0n) is 10.0. The summed E-state index contributed by atoms with van der Waals surface area (Å²) in [6.07, 6.45) is 6.46. The van der Waals surface area contributed by atoms with Crippen LogP contribution in [0.15, 0.2) is 0 Å². The van der Waals surface area contributed by atoms with Gasteiger partial charge in [-0.1, -0.05) is 13.3 Å². The van der Waals surface area contributed by atoms with Gasteiger partial charge in [-0.2, -0.15) is 0 Å². The van der Waals surface area contributed by atoms with Gasteiger partial charge in [0.25, 0.3) is 0 Å². The molecule has 0 aromatic heterocycles. The van der Waals surface area contributed by atoms with Crippen LogP contribution in [0.4, 0.5) is 0 Å². The molecule has 0 aromatic rings. The fourth-order valence-electron chi connectivity index (χ4n) is 2.07. The number of nitrogens with one attached hydrogen (secondary N) is 1. The predicted octanol–water partition coefficient (Wildman–Crippen LogP) is 1.22. The molecule has 0 bridgehead atoms. The van der Waals surface area contributed by atoms with Crippen LogP contribution in [-0.4, -0.2) is 48.8 Å². The highest BCUT2D eigenvalue weighted by atomic mass is 16.3. The molecule has 1 fully saturated rings. The van der Waals surface area contributed by atoms with E-state index in [-0.39, 0.29) is 0 Å². The first-order chi connectivity index (χ1) is 7.38. The van der Waals surface area contributed by atoms with Crippen molar-refractivity contribution in [3.8, 4) is 0 Å². The van der Waals surface area contributed by atoms with Gasteiger partial charge >= 0.3 is 0 Å². The van der Waals surface area contributed by atoms with Crippen LogP contribution in [0.5, 0.6) is 0 Å². The Hall–Kier alpha value is -0.120. The average Bonchev–Trinajstić information content (AvgIpc) is 2.15. The molecular formula is C12H26N2O. The molecule has 1 rings (SSSR count). The second kappa shape index (κ2) is 8.08. The third-order valence-electron chi connectivity index (χ3n) is 3.20. The fourth-order valence-corrected chi connectivity index (χ4v) is 2.07. The lowest BCUT2D eigenvalue weighted by atomic mass is 9.91. The van der Waals surface area contributed by atoms with Gasteiger partial charge < -0.3 is 10.4 Å². The molecule has 0 heterocycles. The first-order valence-corrected chi connectivity index (χ1v) is 6.44. The van der Waals surface area contributed by atoms with Crippen LogP contribution < -0.4 is 5.32 Å². The van der Waals surface area contributed by atoms with E-state index in [4.69, 9.17) is 5.11 Å². The van der Waals surface area contributed by atoms with Crippen LogP contribution in [0.2, 0.25) is 0 Å². The Morgan fingerprint density at radius 1 is 1.27 bits per heavy atom. The van der Waals surface area contributed by atoms with Crippen LogP contribution in [0.3, 0.4) is 0 Å². The summed E-state index contributed by atoms with van der Waals surface area (Å²) >= 11 is 0. The van der Waals surface area contributed by atoms with Gasteiger partial charge in [0.15, 0.2) is 0 Å². The largest absolute Gasteiger partial charge is 0.395 e. The Kier molecular flexibility index (Phi) is 6.98. The van der Waals surface area contributed by atoms with Gasteiger partial charge in [0.1, 0.15) is 0 Å². The van der Waals surface area contributed by atoms with E-state index >= 15 is 0 Å². The Labute approximate surface area is 93.9 Å². The van der Waals surface area contributed by atoms with Crippen molar-refractivity contribution in [1.82, 2.24) is 10.2 Å². The molecule has 0 amide bonds. The number of nitrogens with zero attached hydrogens (tertiary/aromatic N) is 1. The highest BCUT2D eigenvalue weighted by Crippen LogP contribution is 2.24. The van der Waals surface area contributed by atoms with Crippen molar-refractivity contribution in [2.75, 3.05) is 32.8 Å². The van der Waals surface area contributed by atoms with E-state index in [0.29, 0.717) is 6.61 Å². The molecular weight excluding hydrogens is 188 g/mol. The van der Waals surface area contributed by atoms with E-state index < -0.39 is 0 Å². The number of rotatable bonds is 9. The highest BCUT2D eigenvalue weighted by molar-refractivity contribution is 4.79. The first kappa shape index (κ1) is 12.9. The minimum atomic E-state index is 0.304. The lowest BCUT2D eigenvalue weighted by Gasteiger charge is -2.37. The normalized spacial score (nSPS) is 17.0. The highest BCUT2D eigenvalue weighted by Gasteiger charge is 2.23. The minimum Gasteiger partial charge on any atom is -0.395 e. The molecule has 90 valence electrons. The third kappa shape index (κ3) is 4.96. The molecule has 0 aromatic carbocycles. The zero-order chi connectivity index (χ0) is 10.9. The average molecular weight is 214 g/mol. The van der Waals surface area contributed by atoms with Crippen LogP contribution >= 0.6 is 0 Å². The second-order valence-electron chi connectivity index (χ2n) is 4.45. The molecule has 1 aliphatic carbocycles. The lowest BCUT2D eigenvalue weighted by Crippen LogP contribution is -2.42. The lowest BCUT2D eigenvalue weighted by molar-refractivity contribution is 0.100.